The normalized spacial score (nSPS) is 10.7. The van der Waals surface area contributed by atoms with E-state index in [1.807, 2.05) is 35.0 Å². The molecule has 0 fully saturated rings. The third-order valence-electron chi connectivity index (χ3n) is 4.16. The topological polar surface area (TPSA) is 61.7 Å². The van der Waals surface area contributed by atoms with E-state index in [9.17, 15) is 4.79 Å². The summed E-state index contributed by atoms with van der Waals surface area (Å²) in [6.07, 6.45) is 3.42. The largest absolute Gasteiger partial charge is 0.385 e. The molecule has 1 heterocycles. The Balaban J connectivity index is 1.69. The number of H-pyrrole nitrogens is 1. The maximum absolute atomic E-state index is 12.5. The number of hydrogen-bond acceptors (Lipinski definition) is 3. The fourth-order valence-electron chi connectivity index (χ4n) is 2.83. The van der Waals surface area contributed by atoms with Crippen LogP contribution in [0.3, 0.4) is 0 Å². The fourth-order valence-corrected chi connectivity index (χ4v) is 3.57. The summed E-state index contributed by atoms with van der Waals surface area (Å²) in [4.78, 5) is 16.8. The summed E-state index contributed by atoms with van der Waals surface area (Å²) in [5.74, 6) is 0.284. The number of para-hydroxylation sites is 2. The standard InChI is InChI=1S/C20H22N4OS/c1-3-15-9-8-10-16(4-2)19(15)23-18(25)13-26-20-21-14-22-24(20)17-11-6-5-7-12-17/h5-12,14H,3-4,13H2,1-2H3,(H,23,25)/p+1. The van der Waals surface area contributed by atoms with Crippen molar-refractivity contribution in [3.8, 4) is 5.69 Å². The molecule has 1 aromatic heterocycles. The number of aromatic amines is 1. The van der Waals surface area contributed by atoms with Gasteiger partial charge in [-0.3, -0.25) is 4.79 Å². The van der Waals surface area contributed by atoms with Crippen LogP contribution in [0, 0.1) is 0 Å². The summed E-state index contributed by atoms with van der Waals surface area (Å²) in [7, 11) is 0. The van der Waals surface area contributed by atoms with E-state index < -0.39 is 0 Å². The lowest BCUT2D eigenvalue weighted by Crippen LogP contribution is -2.35. The van der Waals surface area contributed by atoms with Crippen LogP contribution in [0.2, 0.25) is 0 Å². The van der Waals surface area contributed by atoms with E-state index in [1.54, 1.807) is 6.33 Å². The highest BCUT2D eigenvalue weighted by molar-refractivity contribution is 7.99. The highest BCUT2D eigenvalue weighted by Crippen LogP contribution is 2.23. The molecule has 0 atom stereocenters. The van der Waals surface area contributed by atoms with Gasteiger partial charge in [-0.15, -0.1) is 4.68 Å². The molecule has 0 aliphatic heterocycles. The van der Waals surface area contributed by atoms with Crippen LogP contribution < -0.4 is 10.00 Å². The molecule has 26 heavy (non-hydrogen) atoms. The number of aryl methyl sites for hydroxylation is 2. The molecule has 0 saturated heterocycles. The van der Waals surface area contributed by atoms with Gasteiger partial charge in [-0.25, -0.2) is 0 Å². The first-order valence-corrected chi connectivity index (χ1v) is 9.75. The smallest absolute Gasteiger partial charge is 0.325 e. The molecular formula is C20H23N4OS+. The van der Waals surface area contributed by atoms with Gasteiger partial charge < -0.3 is 5.32 Å². The molecule has 0 bridgehead atoms. The van der Waals surface area contributed by atoms with Gasteiger partial charge >= 0.3 is 5.16 Å². The van der Waals surface area contributed by atoms with Crippen molar-refractivity contribution in [1.82, 2.24) is 10.1 Å². The maximum atomic E-state index is 12.5. The number of carbonyl (C=O) groups excluding carboxylic acids is 1. The lowest BCUT2D eigenvalue weighted by Gasteiger charge is -2.13. The van der Waals surface area contributed by atoms with Crippen molar-refractivity contribution in [1.29, 1.82) is 0 Å². The molecule has 5 nitrogen and oxygen atoms in total. The molecule has 1 amide bonds. The van der Waals surface area contributed by atoms with Gasteiger partial charge in [0.1, 0.15) is 0 Å². The summed E-state index contributed by atoms with van der Waals surface area (Å²) >= 11 is 1.41. The van der Waals surface area contributed by atoms with E-state index in [-0.39, 0.29) is 5.91 Å². The first-order valence-electron chi connectivity index (χ1n) is 8.77. The van der Waals surface area contributed by atoms with Gasteiger partial charge in [-0.05, 0) is 52.8 Å². The number of hydrogen-bond donors (Lipinski definition) is 2. The van der Waals surface area contributed by atoms with Crippen molar-refractivity contribution in [2.75, 3.05) is 11.1 Å². The van der Waals surface area contributed by atoms with Crippen LogP contribution in [-0.2, 0) is 17.6 Å². The summed E-state index contributed by atoms with van der Waals surface area (Å²) in [5, 5.41) is 6.94. The number of rotatable bonds is 7. The number of amides is 1. The Morgan fingerprint density at radius 2 is 1.77 bits per heavy atom. The fraction of sp³-hybridized carbons (Fsp3) is 0.250. The SMILES string of the molecule is CCc1cccc(CC)c1NC(=O)CSc1nc[nH][n+]1-c1ccccc1. The molecule has 0 spiro atoms. The van der Waals surface area contributed by atoms with Crippen LogP contribution in [0.15, 0.2) is 60.0 Å². The Bertz CT molecular complexity index is 854. The molecule has 0 aliphatic rings. The number of nitrogens with one attached hydrogen (secondary N) is 2. The third-order valence-corrected chi connectivity index (χ3v) is 5.12. The minimum atomic E-state index is -0.0202. The molecule has 3 aromatic rings. The average Bonchev–Trinajstić information content (AvgIpc) is 3.16. The minimum Gasteiger partial charge on any atom is -0.325 e. The first kappa shape index (κ1) is 18.2. The van der Waals surface area contributed by atoms with Crippen LogP contribution >= 0.6 is 11.8 Å². The second kappa shape index (κ2) is 8.67. The van der Waals surface area contributed by atoms with Crippen molar-refractivity contribution in [2.24, 2.45) is 0 Å². The van der Waals surface area contributed by atoms with Gasteiger partial charge in [-0.2, -0.15) is 5.10 Å². The van der Waals surface area contributed by atoms with Crippen LogP contribution in [-0.4, -0.2) is 21.7 Å². The van der Waals surface area contributed by atoms with Gasteiger partial charge in [0.25, 0.3) is 0 Å². The molecule has 0 saturated carbocycles. The van der Waals surface area contributed by atoms with Crippen LogP contribution in [0.25, 0.3) is 5.69 Å². The molecule has 3 rings (SSSR count). The van der Waals surface area contributed by atoms with Crippen molar-refractivity contribution < 1.29 is 9.48 Å². The predicted molar refractivity (Wildman–Crippen MR) is 105 cm³/mol. The number of benzene rings is 2. The van der Waals surface area contributed by atoms with Gasteiger partial charge in [0.2, 0.25) is 12.2 Å². The van der Waals surface area contributed by atoms with Gasteiger partial charge in [0.15, 0.2) is 5.69 Å². The number of aromatic nitrogens is 3. The van der Waals surface area contributed by atoms with Gasteiger partial charge in [0, 0.05) is 5.69 Å². The predicted octanol–water partition coefficient (Wildman–Crippen LogP) is 3.54. The first-order chi connectivity index (χ1) is 12.7. The zero-order chi connectivity index (χ0) is 18.4. The second-order valence-electron chi connectivity index (χ2n) is 5.84. The zero-order valence-corrected chi connectivity index (χ0v) is 15.8. The van der Waals surface area contributed by atoms with Gasteiger partial charge in [0.05, 0.1) is 5.75 Å². The summed E-state index contributed by atoms with van der Waals surface area (Å²) in [6.45, 7) is 4.21. The maximum Gasteiger partial charge on any atom is 0.385 e. The highest BCUT2D eigenvalue weighted by atomic mass is 32.2. The lowest BCUT2D eigenvalue weighted by molar-refractivity contribution is -0.694. The van der Waals surface area contributed by atoms with Crippen molar-refractivity contribution >= 4 is 23.4 Å². The van der Waals surface area contributed by atoms with E-state index in [2.05, 4.69) is 47.4 Å². The Kier molecular flexibility index (Phi) is 6.07. The molecular weight excluding hydrogens is 344 g/mol. The zero-order valence-electron chi connectivity index (χ0n) is 15.0. The monoisotopic (exact) mass is 367 g/mol. The lowest BCUT2D eigenvalue weighted by atomic mass is 10.0. The van der Waals surface area contributed by atoms with E-state index >= 15 is 0 Å². The van der Waals surface area contributed by atoms with E-state index in [0.717, 1.165) is 29.4 Å². The van der Waals surface area contributed by atoms with E-state index in [1.165, 1.54) is 22.9 Å². The Morgan fingerprint density at radius 3 is 2.42 bits per heavy atom. The van der Waals surface area contributed by atoms with Gasteiger partial charge in [-0.1, -0.05) is 50.2 Å². The molecule has 134 valence electrons. The quantitative estimate of drug-likeness (QED) is 0.496. The Morgan fingerprint density at radius 1 is 1.08 bits per heavy atom. The van der Waals surface area contributed by atoms with Crippen LogP contribution in [0.5, 0.6) is 0 Å². The molecule has 0 unspecified atom stereocenters. The van der Waals surface area contributed by atoms with Crippen molar-refractivity contribution in [3.63, 3.8) is 0 Å². The molecule has 2 N–H and O–H groups in total. The van der Waals surface area contributed by atoms with E-state index in [0.29, 0.717) is 5.75 Å². The van der Waals surface area contributed by atoms with Crippen LogP contribution in [0.1, 0.15) is 25.0 Å². The molecule has 6 heteroatoms. The molecule has 0 radical (unpaired) electrons. The summed E-state index contributed by atoms with van der Waals surface area (Å²) < 4.78 is 1.87. The Hall–Kier alpha value is -2.60. The van der Waals surface area contributed by atoms with Crippen molar-refractivity contribution in [2.45, 2.75) is 31.8 Å². The number of carbonyl (C=O) groups is 1. The third kappa shape index (κ3) is 4.14. The van der Waals surface area contributed by atoms with Crippen LogP contribution in [0.4, 0.5) is 5.69 Å². The second-order valence-corrected chi connectivity index (χ2v) is 6.78. The average molecular weight is 367 g/mol. The molecule has 2 aromatic carbocycles. The van der Waals surface area contributed by atoms with Crippen molar-refractivity contribution in [3.05, 3.63) is 66.0 Å². The number of nitrogens with zero attached hydrogens (tertiary/aromatic N) is 2. The molecule has 0 aliphatic carbocycles. The van der Waals surface area contributed by atoms with E-state index in [4.69, 9.17) is 0 Å². The highest BCUT2D eigenvalue weighted by Gasteiger charge is 2.19. The summed E-state index contributed by atoms with van der Waals surface area (Å²) in [6, 6.07) is 16.1. The Labute approximate surface area is 157 Å². The minimum absolute atomic E-state index is 0.0202. The number of anilines is 1. The number of thioether (sulfide) groups is 1. The summed E-state index contributed by atoms with van der Waals surface area (Å²) in [5.41, 5.74) is 4.28.